The summed E-state index contributed by atoms with van der Waals surface area (Å²) < 4.78 is 10.7. The Morgan fingerprint density at radius 1 is 1.48 bits per heavy atom. The Morgan fingerprint density at radius 2 is 2.29 bits per heavy atom. The Balaban J connectivity index is 1.75. The zero-order chi connectivity index (χ0) is 15.1. The fourth-order valence-corrected chi connectivity index (χ4v) is 2.67. The Kier molecular flexibility index (Phi) is 6.00. The SMILES string of the molecule is COCC1CCN(CC(O)COc2ccccc2C#N)C1. The largest absolute Gasteiger partial charge is 0.489 e. The number of ether oxygens (including phenoxy) is 2. The van der Waals surface area contributed by atoms with Gasteiger partial charge in [-0.3, -0.25) is 0 Å². The standard InChI is InChI=1S/C16H22N2O3/c1-20-11-13-6-7-18(9-13)10-15(19)12-21-16-5-3-2-4-14(16)8-17/h2-5,13,15,19H,6-7,9-12H2,1H3. The van der Waals surface area contributed by atoms with Gasteiger partial charge in [-0.15, -0.1) is 0 Å². The highest BCUT2D eigenvalue weighted by molar-refractivity contribution is 5.42. The maximum Gasteiger partial charge on any atom is 0.137 e. The van der Waals surface area contributed by atoms with Crippen LogP contribution in [0.4, 0.5) is 0 Å². The number of para-hydroxylation sites is 1. The third-order valence-corrected chi connectivity index (χ3v) is 3.68. The van der Waals surface area contributed by atoms with Crippen LogP contribution in [0.5, 0.6) is 5.75 Å². The van der Waals surface area contributed by atoms with Gasteiger partial charge < -0.3 is 19.5 Å². The average molecular weight is 290 g/mol. The molecule has 1 N–H and O–H groups in total. The molecule has 0 radical (unpaired) electrons. The second-order valence-corrected chi connectivity index (χ2v) is 5.44. The van der Waals surface area contributed by atoms with E-state index in [1.54, 1.807) is 25.3 Å². The minimum atomic E-state index is -0.557. The number of benzene rings is 1. The summed E-state index contributed by atoms with van der Waals surface area (Å²) in [5.74, 6) is 1.08. The smallest absolute Gasteiger partial charge is 0.137 e. The molecule has 5 nitrogen and oxygen atoms in total. The first-order valence-corrected chi connectivity index (χ1v) is 7.24. The van der Waals surface area contributed by atoms with E-state index in [4.69, 9.17) is 14.7 Å². The molecule has 0 spiro atoms. The van der Waals surface area contributed by atoms with Crippen molar-refractivity contribution in [1.82, 2.24) is 4.90 Å². The summed E-state index contributed by atoms with van der Waals surface area (Å²) in [4.78, 5) is 2.23. The first kappa shape index (κ1) is 15.8. The second-order valence-electron chi connectivity index (χ2n) is 5.44. The van der Waals surface area contributed by atoms with Crippen molar-refractivity contribution < 1.29 is 14.6 Å². The van der Waals surface area contributed by atoms with E-state index in [-0.39, 0.29) is 6.61 Å². The van der Waals surface area contributed by atoms with E-state index in [0.717, 1.165) is 26.1 Å². The molecule has 0 aromatic heterocycles. The van der Waals surface area contributed by atoms with Crippen LogP contribution in [0.25, 0.3) is 0 Å². The highest BCUT2D eigenvalue weighted by Crippen LogP contribution is 2.18. The number of nitrogens with zero attached hydrogens (tertiary/aromatic N) is 2. The van der Waals surface area contributed by atoms with E-state index < -0.39 is 6.10 Å². The van der Waals surface area contributed by atoms with Crippen LogP contribution < -0.4 is 4.74 Å². The van der Waals surface area contributed by atoms with E-state index in [1.165, 1.54) is 0 Å². The second kappa shape index (κ2) is 7.99. The predicted molar refractivity (Wildman–Crippen MR) is 79.1 cm³/mol. The number of β-amino-alcohol motifs (C(OH)–C–C–N with tert-alkyl or cyclic N) is 1. The molecule has 1 aliphatic heterocycles. The van der Waals surface area contributed by atoms with Gasteiger partial charge in [-0.05, 0) is 31.0 Å². The first-order chi connectivity index (χ1) is 10.2. The summed E-state index contributed by atoms with van der Waals surface area (Å²) >= 11 is 0. The molecule has 5 heteroatoms. The van der Waals surface area contributed by atoms with Crippen LogP contribution in [0, 0.1) is 17.2 Å². The van der Waals surface area contributed by atoms with Crippen LogP contribution >= 0.6 is 0 Å². The molecule has 2 atom stereocenters. The summed E-state index contributed by atoms with van der Waals surface area (Å²) in [6.45, 7) is 3.51. The molecule has 0 saturated carbocycles. The van der Waals surface area contributed by atoms with Crippen LogP contribution in [0.1, 0.15) is 12.0 Å². The van der Waals surface area contributed by atoms with Gasteiger partial charge in [0.25, 0.3) is 0 Å². The summed E-state index contributed by atoms with van der Waals surface area (Å²) in [7, 11) is 1.72. The van der Waals surface area contributed by atoms with Gasteiger partial charge in [-0.25, -0.2) is 0 Å². The van der Waals surface area contributed by atoms with Gasteiger partial charge in [0.1, 0.15) is 24.5 Å². The third kappa shape index (κ3) is 4.71. The molecule has 0 amide bonds. The van der Waals surface area contributed by atoms with Crippen molar-refractivity contribution in [3.63, 3.8) is 0 Å². The van der Waals surface area contributed by atoms with Crippen LogP contribution in [0.15, 0.2) is 24.3 Å². The van der Waals surface area contributed by atoms with Crippen LogP contribution in [0.3, 0.4) is 0 Å². The van der Waals surface area contributed by atoms with Gasteiger partial charge in [0.05, 0.1) is 12.2 Å². The van der Waals surface area contributed by atoms with Gasteiger partial charge >= 0.3 is 0 Å². The minimum absolute atomic E-state index is 0.199. The molecular formula is C16H22N2O3. The number of methoxy groups -OCH3 is 1. The molecule has 1 aromatic rings. The molecule has 1 aromatic carbocycles. The highest BCUT2D eigenvalue weighted by Gasteiger charge is 2.24. The Morgan fingerprint density at radius 3 is 3.05 bits per heavy atom. The van der Waals surface area contributed by atoms with Crippen LogP contribution in [-0.2, 0) is 4.74 Å². The van der Waals surface area contributed by atoms with Crippen molar-refractivity contribution in [2.24, 2.45) is 5.92 Å². The fraction of sp³-hybridized carbons (Fsp3) is 0.562. The van der Waals surface area contributed by atoms with Gasteiger partial charge in [0.15, 0.2) is 0 Å². The average Bonchev–Trinajstić information content (AvgIpc) is 2.93. The van der Waals surface area contributed by atoms with Crippen molar-refractivity contribution in [1.29, 1.82) is 5.26 Å². The van der Waals surface area contributed by atoms with E-state index in [2.05, 4.69) is 11.0 Å². The number of aliphatic hydroxyl groups is 1. The monoisotopic (exact) mass is 290 g/mol. The van der Waals surface area contributed by atoms with E-state index in [0.29, 0.717) is 23.8 Å². The zero-order valence-corrected chi connectivity index (χ0v) is 12.4. The minimum Gasteiger partial charge on any atom is -0.489 e. The molecule has 2 unspecified atom stereocenters. The summed E-state index contributed by atoms with van der Waals surface area (Å²) in [5, 5.41) is 19.1. The molecule has 21 heavy (non-hydrogen) atoms. The Hall–Kier alpha value is -1.61. The van der Waals surface area contributed by atoms with Crippen molar-refractivity contribution in [3.05, 3.63) is 29.8 Å². The van der Waals surface area contributed by atoms with Gasteiger partial charge in [-0.2, -0.15) is 5.26 Å². The Bertz CT molecular complexity index is 487. The zero-order valence-electron chi connectivity index (χ0n) is 12.4. The quantitative estimate of drug-likeness (QED) is 0.819. The number of hydrogen-bond acceptors (Lipinski definition) is 5. The van der Waals surface area contributed by atoms with Crippen molar-refractivity contribution >= 4 is 0 Å². The maximum atomic E-state index is 10.1. The molecule has 114 valence electrons. The molecule has 2 rings (SSSR count). The van der Waals surface area contributed by atoms with E-state index in [1.807, 2.05) is 6.07 Å². The molecule has 1 aliphatic rings. The molecular weight excluding hydrogens is 268 g/mol. The highest BCUT2D eigenvalue weighted by atomic mass is 16.5. The fourth-order valence-electron chi connectivity index (χ4n) is 2.67. The van der Waals surface area contributed by atoms with Gasteiger partial charge in [-0.1, -0.05) is 12.1 Å². The molecule has 1 saturated heterocycles. The molecule has 0 bridgehead atoms. The van der Waals surface area contributed by atoms with E-state index in [9.17, 15) is 5.11 Å². The lowest BCUT2D eigenvalue weighted by Crippen LogP contribution is -2.34. The number of hydrogen-bond donors (Lipinski definition) is 1. The lowest BCUT2D eigenvalue weighted by atomic mass is 10.1. The summed E-state index contributed by atoms with van der Waals surface area (Å²) in [5.41, 5.74) is 0.492. The third-order valence-electron chi connectivity index (χ3n) is 3.68. The number of likely N-dealkylation sites (tertiary alicyclic amines) is 1. The van der Waals surface area contributed by atoms with Gasteiger partial charge in [0, 0.05) is 20.2 Å². The predicted octanol–water partition coefficient (Wildman–Crippen LogP) is 1.27. The number of nitriles is 1. The normalized spacial score (nSPS) is 20.1. The van der Waals surface area contributed by atoms with Crippen LogP contribution in [-0.4, -0.2) is 56.1 Å². The summed E-state index contributed by atoms with van der Waals surface area (Å²) in [6.07, 6.45) is 0.552. The van der Waals surface area contributed by atoms with Crippen molar-refractivity contribution in [2.75, 3.05) is 40.0 Å². The first-order valence-electron chi connectivity index (χ1n) is 7.24. The number of aliphatic hydroxyl groups excluding tert-OH is 1. The molecule has 1 heterocycles. The lowest BCUT2D eigenvalue weighted by Gasteiger charge is -2.20. The van der Waals surface area contributed by atoms with Gasteiger partial charge in [0.2, 0.25) is 0 Å². The summed E-state index contributed by atoms with van der Waals surface area (Å²) in [6, 6.07) is 9.14. The topological polar surface area (TPSA) is 65.7 Å². The van der Waals surface area contributed by atoms with Crippen molar-refractivity contribution in [2.45, 2.75) is 12.5 Å². The Labute approximate surface area is 125 Å². The molecule has 0 aliphatic carbocycles. The molecule has 1 fully saturated rings. The van der Waals surface area contributed by atoms with Crippen LogP contribution in [0.2, 0.25) is 0 Å². The van der Waals surface area contributed by atoms with E-state index >= 15 is 0 Å². The van der Waals surface area contributed by atoms with Crippen molar-refractivity contribution in [3.8, 4) is 11.8 Å². The lowest BCUT2D eigenvalue weighted by molar-refractivity contribution is 0.0722. The number of rotatable bonds is 7. The maximum absolute atomic E-state index is 10.1.